The van der Waals surface area contributed by atoms with E-state index in [2.05, 4.69) is 33.9 Å². The summed E-state index contributed by atoms with van der Waals surface area (Å²) in [6.07, 6.45) is 1.34. The lowest BCUT2D eigenvalue weighted by molar-refractivity contribution is -0.156. The fourth-order valence-electron chi connectivity index (χ4n) is 6.34. The van der Waals surface area contributed by atoms with E-state index >= 15 is 0 Å². The molecule has 7 nitrogen and oxygen atoms in total. The van der Waals surface area contributed by atoms with Crippen molar-refractivity contribution in [2.75, 3.05) is 6.61 Å². The summed E-state index contributed by atoms with van der Waals surface area (Å²) < 4.78 is 17.0. The minimum absolute atomic E-state index is 0.0172. The second-order valence-electron chi connectivity index (χ2n) is 11.8. The van der Waals surface area contributed by atoms with Gasteiger partial charge in [-0.15, -0.1) is 0 Å². The highest BCUT2D eigenvalue weighted by Crippen LogP contribution is 2.64. The van der Waals surface area contributed by atoms with Gasteiger partial charge >= 0.3 is 17.9 Å². The van der Waals surface area contributed by atoms with E-state index in [0.29, 0.717) is 18.4 Å². The van der Waals surface area contributed by atoms with E-state index in [-0.39, 0.29) is 54.2 Å². The summed E-state index contributed by atoms with van der Waals surface area (Å²) >= 11 is 0. The number of rotatable bonds is 5. The molecule has 182 valence electrons. The zero-order valence-electron chi connectivity index (χ0n) is 20.8. The van der Waals surface area contributed by atoms with E-state index < -0.39 is 37.5 Å². The van der Waals surface area contributed by atoms with Crippen LogP contribution in [-0.4, -0.2) is 44.7 Å². The maximum atomic E-state index is 13.3. The molecule has 4 rings (SSSR count). The number of fused-ring (bicyclic) bond motifs is 5. The summed E-state index contributed by atoms with van der Waals surface area (Å²) in [6.45, 7) is 14.8. The number of carbonyl (C=O) groups excluding carboxylic acids is 4. The fraction of sp³-hybridized carbons (Fsp3) is 0.760. The van der Waals surface area contributed by atoms with Gasteiger partial charge in [-0.05, 0) is 62.2 Å². The number of hydrogen-bond acceptors (Lipinski definition) is 7. The smallest absolute Gasteiger partial charge is 0.320 e. The number of esters is 3. The molecular weight excluding hydrogens is 440 g/mol. The molecule has 3 aliphatic carbocycles. The van der Waals surface area contributed by atoms with E-state index in [1.807, 2.05) is 6.92 Å². The van der Waals surface area contributed by atoms with Crippen LogP contribution in [0.4, 0.5) is 0 Å². The summed E-state index contributed by atoms with van der Waals surface area (Å²) in [7, 11) is -2.07. The molecule has 1 saturated heterocycles. The first-order valence-corrected chi connectivity index (χ1v) is 15.0. The molecule has 0 aromatic heterocycles. The molecule has 0 unspecified atom stereocenters. The van der Waals surface area contributed by atoms with Crippen LogP contribution in [0, 0.1) is 29.1 Å². The van der Waals surface area contributed by atoms with E-state index in [9.17, 15) is 19.2 Å². The van der Waals surface area contributed by atoms with Gasteiger partial charge in [0.1, 0.15) is 0 Å². The maximum Gasteiger partial charge on any atom is 0.320 e. The molecule has 4 aliphatic rings. The number of allylic oxidation sites excluding steroid dienone is 1. The fourth-order valence-corrected chi connectivity index (χ4v) is 7.71. The van der Waals surface area contributed by atoms with Crippen LogP contribution in [0.25, 0.3) is 0 Å². The molecular formula is C25H36O7Si. The van der Waals surface area contributed by atoms with Crippen LogP contribution in [0.3, 0.4) is 0 Å². The zero-order valence-corrected chi connectivity index (χ0v) is 21.8. The highest BCUT2D eigenvalue weighted by molar-refractivity contribution is 6.74. The molecule has 0 radical (unpaired) electrons. The van der Waals surface area contributed by atoms with Crippen molar-refractivity contribution in [3.8, 4) is 0 Å². The number of Topliss-reactive ketones (excluding diaryl/α,β-unsaturated/α-hetero) is 1. The average Bonchev–Trinajstić information content (AvgIpc) is 3.28. The predicted octanol–water partition coefficient (Wildman–Crippen LogP) is 3.96. The Labute approximate surface area is 196 Å². The van der Waals surface area contributed by atoms with Crippen molar-refractivity contribution in [2.24, 2.45) is 29.1 Å². The van der Waals surface area contributed by atoms with Crippen LogP contribution in [-0.2, 0) is 33.1 Å². The summed E-state index contributed by atoms with van der Waals surface area (Å²) in [5.41, 5.74) is 0.569. The molecule has 3 fully saturated rings. The largest absolute Gasteiger partial charge is 0.466 e. The molecule has 1 aliphatic heterocycles. The third-order valence-corrected chi connectivity index (χ3v) is 13.5. The van der Waals surface area contributed by atoms with Crippen molar-refractivity contribution < 1.29 is 33.1 Å². The molecule has 6 atom stereocenters. The predicted molar refractivity (Wildman–Crippen MR) is 122 cm³/mol. The first-order chi connectivity index (χ1) is 15.2. The van der Waals surface area contributed by atoms with Gasteiger partial charge in [-0.25, -0.2) is 0 Å². The Morgan fingerprint density at radius 3 is 2.45 bits per heavy atom. The van der Waals surface area contributed by atoms with Gasteiger partial charge in [0.25, 0.3) is 0 Å². The number of ether oxygens (including phenoxy) is 2. The van der Waals surface area contributed by atoms with Crippen molar-refractivity contribution in [3.63, 3.8) is 0 Å². The van der Waals surface area contributed by atoms with Crippen LogP contribution in [0.1, 0.15) is 60.3 Å². The normalized spacial score (nSPS) is 36.0. The molecule has 8 heteroatoms. The molecule has 0 N–H and O–H groups in total. The van der Waals surface area contributed by atoms with Crippen LogP contribution in [0.2, 0.25) is 18.1 Å². The maximum absolute atomic E-state index is 13.3. The quantitative estimate of drug-likeness (QED) is 0.337. The Kier molecular flexibility index (Phi) is 5.80. The summed E-state index contributed by atoms with van der Waals surface area (Å²) in [6, 6.07) is 0. The topological polar surface area (TPSA) is 96.0 Å². The van der Waals surface area contributed by atoms with Gasteiger partial charge in [-0.2, -0.15) is 0 Å². The average molecular weight is 477 g/mol. The molecule has 0 amide bonds. The second-order valence-corrected chi connectivity index (χ2v) is 16.6. The Morgan fingerprint density at radius 1 is 1.18 bits per heavy atom. The monoisotopic (exact) mass is 476 g/mol. The first-order valence-electron chi connectivity index (χ1n) is 12.1. The molecule has 2 saturated carbocycles. The molecule has 1 heterocycles. The van der Waals surface area contributed by atoms with Crippen molar-refractivity contribution in [1.82, 2.24) is 0 Å². The lowest BCUT2D eigenvalue weighted by Gasteiger charge is -2.42. The lowest BCUT2D eigenvalue weighted by Crippen LogP contribution is -2.47. The van der Waals surface area contributed by atoms with Crippen LogP contribution in [0.15, 0.2) is 11.1 Å². The van der Waals surface area contributed by atoms with Crippen LogP contribution < -0.4 is 0 Å². The van der Waals surface area contributed by atoms with Crippen LogP contribution >= 0.6 is 0 Å². The minimum Gasteiger partial charge on any atom is -0.466 e. The number of cyclic esters (lactones) is 2. The molecule has 0 aromatic rings. The lowest BCUT2D eigenvalue weighted by atomic mass is 9.56. The highest BCUT2D eigenvalue weighted by Gasteiger charge is 2.69. The highest BCUT2D eigenvalue weighted by atomic mass is 28.4. The number of carbonyl (C=O) groups is 4. The van der Waals surface area contributed by atoms with E-state index in [0.717, 1.165) is 5.57 Å². The van der Waals surface area contributed by atoms with E-state index in [4.69, 9.17) is 13.9 Å². The Bertz CT molecular complexity index is 943. The Morgan fingerprint density at radius 2 is 1.85 bits per heavy atom. The van der Waals surface area contributed by atoms with Crippen molar-refractivity contribution in [2.45, 2.75) is 84.5 Å². The van der Waals surface area contributed by atoms with E-state index in [1.54, 1.807) is 6.92 Å². The van der Waals surface area contributed by atoms with Crippen molar-refractivity contribution >= 4 is 32.0 Å². The van der Waals surface area contributed by atoms with Gasteiger partial charge in [0.15, 0.2) is 14.1 Å². The molecule has 33 heavy (non-hydrogen) atoms. The summed E-state index contributed by atoms with van der Waals surface area (Å²) in [4.78, 5) is 51.5. The number of ketones is 1. The SMILES string of the molecule is CCOC(=O)C[C@@H]1CC(=O)C2=C3C[C@H](O[Si](C)(C)C(C)(C)C)C[C@H]3[C@@]3(C)C(=O)OC(=O)[C@H]3[C@H]21. The Balaban J connectivity index is 1.75. The molecule has 0 spiro atoms. The van der Waals surface area contributed by atoms with Gasteiger partial charge in [0.05, 0.1) is 17.9 Å². The second kappa shape index (κ2) is 7.87. The standard InChI is InChI=1S/C25H36O7Si/c1-8-30-18(27)10-13-9-17(26)20-15-11-14(32-33(6,7)24(2,3)4)12-16(15)25(5)21(19(13)20)22(28)31-23(25)29/h13-14,16,19,21H,8-12H2,1-7H3/t13-,14-,16+,19-,21+,25+/m0/s1. The summed E-state index contributed by atoms with van der Waals surface area (Å²) in [5, 5.41) is 0.0315. The third kappa shape index (κ3) is 3.64. The first kappa shape index (κ1) is 24.3. The molecule has 0 aromatic carbocycles. The number of hydrogen-bond donors (Lipinski definition) is 0. The van der Waals surface area contributed by atoms with Gasteiger partial charge in [0.2, 0.25) is 0 Å². The Hall–Kier alpha value is -1.80. The van der Waals surface area contributed by atoms with Crippen molar-refractivity contribution in [3.05, 3.63) is 11.1 Å². The zero-order chi connectivity index (χ0) is 24.5. The van der Waals surface area contributed by atoms with Crippen LogP contribution in [0.5, 0.6) is 0 Å². The van der Waals surface area contributed by atoms with Gasteiger partial charge in [-0.3, -0.25) is 19.2 Å². The minimum atomic E-state index is -2.07. The third-order valence-electron chi connectivity index (χ3n) is 8.92. The van der Waals surface area contributed by atoms with Gasteiger partial charge in [0, 0.05) is 24.9 Å². The molecule has 0 bridgehead atoms. The van der Waals surface area contributed by atoms with Gasteiger partial charge < -0.3 is 13.9 Å². The van der Waals surface area contributed by atoms with Gasteiger partial charge in [-0.1, -0.05) is 26.3 Å². The van der Waals surface area contributed by atoms with E-state index in [1.165, 1.54) is 0 Å². The summed E-state index contributed by atoms with van der Waals surface area (Å²) in [5.74, 6) is -3.32. The van der Waals surface area contributed by atoms with Crippen molar-refractivity contribution in [1.29, 1.82) is 0 Å².